The van der Waals surface area contributed by atoms with E-state index >= 15 is 0 Å². The van der Waals surface area contributed by atoms with Crippen molar-refractivity contribution in [2.24, 2.45) is 0 Å². The number of hydrogen-bond acceptors (Lipinski definition) is 25. The summed E-state index contributed by atoms with van der Waals surface area (Å²) in [4.78, 5) is 66.2. The number of benzene rings is 10. The lowest BCUT2D eigenvalue weighted by molar-refractivity contribution is 0.0725. The topological polar surface area (TPSA) is 343 Å². The molecule has 11 rings (SSSR count). The second-order valence-corrected chi connectivity index (χ2v) is 46.6. The highest BCUT2D eigenvalue weighted by Gasteiger charge is 2.57. The molecule has 10 aromatic rings. The standard InChI is InChI=1S/C90H85N5O20Si5/c1-116(56-6-51-101-76-41-21-71(22-42-76)86(96)106-81-31-11-66(61-91)12-32-81)111-117(2,57-7-52-102-77-43-23-72(24-44-77)87(97)107-82-33-13-67(62-92)14-34-82)113-119(4,59-9-54-104-79-47-27-74(28-48-79)89(99)109-84-37-17-69(64-94)18-38-84)115-120(5,60-10-55-105-80-49-29-75(30-50-80)90(100)110-85-39-19-70(65-95)20-40-85)114-118(3,112-116)58-8-53-103-78-45-25-73(26-46-78)88(98)108-83-35-15-68(63-93)16-36-83/h11-50H,6-10,51-60H2,1-5H3. The zero-order valence-corrected chi connectivity index (χ0v) is 71.6. The molecule has 10 aromatic carbocycles. The molecule has 0 atom stereocenters. The van der Waals surface area contributed by atoms with Crippen LogP contribution in [0, 0.1) is 56.7 Å². The fraction of sp³-hybridized carbons (Fsp3) is 0.222. The Morgan fingerprint density at radius 1 is 0.225 bits per heavy atom. The average Bonchev–Trinajstić information content (AvgIpc) is 0.764. The van der Waals surface area contributed by atoms with E-state index in [0.717, 1.165) is 0 Å². The smallest absolute Gasteiger partial charge is 0.343 e. The van der Waals surface area contributed by atoms with Crippen LogP contribution >= 0.6 is 0 Å². The van der Waals surface area contributed by atoms with Gasteiger partial charge >= 0.3 is 72.7 Å². The maximum Gasteiger partial charge on any atom is 0.343 e. The molecule has 0 saturated carbocycles. The minimum absolute atomic E-state index is 0.209. The van der Waals surface area contributed by atoms with Gasteiger partial charge in [0.25, 0.3) is 0 Å². The number of carbonyl (C=O) groups excluding carboxylic acids is 5. The third-order valence-electron chi connectivity index (χ3n) is 18.8. The van der Waals surface area contributed by atoms with E-state index in [2.05, 4.69) is 30.3 Å². The van der Waals surface area contributed by atoms with E-state index in [4.69, 9.17) is 67.9 Å². The molecule has 0 amide bonds. The maximum atomic E-state index is 13.2. The first-order valence-electron chi connectivity index (χ1n) is 38.7. The third kappa shape index (κ3) is 26.4. The molecule has 0 spiro atoms. The van der Waals surface area contributed by atoms with Gasteiger partial charge < -0.3 is 67.9 Å². The Morgan fingerprint density at radius 2 is 0.358 bits per heavy atom. The average molecular weight is 1700 g/mol. The summed E-state index contributed by atoms with van der Waals surface area (Å²) < 4.78 is 98.8. The minimum atomic E-state index is -3.60. The molecule has 0 radical (unpaired) electrons. The number of esters is 5. The molecule has 30 heteroatoms. The third-order valence-corrected chi connectivity index (χ3v) is 42.4. The number of hydrogen-bond donors (Lipinski definition) is 0. The highest BCUT2D eigenvalue weighted by Crippen LogP contribution is 2.40. The lowest BCUT2D eigenvalue weighted by Gasteiger charge is -2.50. The lowest BCUT2D eigenvalue weighted by Crippen LogP contribution is -2.67. The highest BCUT2D eigenvalue weighted by molar-refractivity contribution is 6.94. The second kappa shape index (κ2) is 41.8. The first kappa shape index (κ1) is 87.7. The molecule has 0 N–H and O–H groups in total. The monoisotopic (exact) mass is 1700 g/mol. The quantitative estimate of drug-likeness (QED) is 0.0154. The molecule has 1 heterocycles. The number of ether oxygens (including phenoxy) is 10. The fourth-order valence-electron chi connectivity index (χ4n) is 13.1. The van der Waals surface area contributed by atoms with Crippen molar-refractivity contribution in [2.75, 3.05) is 33.0 Å². The molecule has 0 unspecified atom stereocenters. The summed E-state index contributed by atoms with van der Waals surface area (Å²) in [5, 5.41) is 46.3. The summed E-state index contributed by atoms with van der Waals surface area (Å²) in [6, 6.07) is 76.3. The van der Waals surface area contributed by atoms with Crippen LogP contribution in [0.15, 0.2) is 243 Å². The molecular formula is C90H85N5O20Si5. The highest BCUT2D eigenvalue weighted by atomic mass is 28.5. The molecular weight excluding hydrogens is 1610 g/mol. The fourth-order valence-corrected chi connectivity index (χ4v) is 42.1. The maximum absolute atomic E-state index is 13.2. The van der Waals surface area contributed by atoms with Gasteiger partial charge in [-0.25, -0.2) is 24.0 Å². The summed E-state index contributed by atoms with van der Waals surface area (Å²) >= 11 is 0. The normalized spacial score (nSPS) is 18.0. The van der Waals surface area contributed by atoms with E-state index in [-0.39, 0.29) is 89.6 Å². The van der Waals surface area contributed by atoms with Crippen molar-refractivity contribution in [2.45, 2.75) is 95.1 Å². The molecule has 0 aromatic heterocycles. The first-order chi connectivity index (χ1) is 57.9. The zero-order valence-electron chi connectivity index (χ0n) is 66.6. The number of nitrogens with zero attached hydrogens (tertiary/aromatic N) is 5. The van der Waals surface area contributed by atoms with Crippen molar-refractivity contribution in [1.82, 2.24) is 0 Å². The molecule has 1 aliphatic rings. The number of carbonyl (C=O) groups is 5. The van der Waals surface area contributed by atoms with Crippen LogP contribution in [-0.4, -0.2) is 106 Å². The summed E-state index contributed by atoms with van der Waals surface area (Å²) in [6.45, 7) is 11.2. The van der Waals surface area contributed by atoms with Crippen molar-refractivity contribution in [3.63, 3.8) is 0 Å². The van der Waals surface area contributed by atoms with Gasteiger partial charge in [0.05, 0.1) is 119 Å². The van der Waals surface area contributed by atoms with Gasteiger partial charge in [0.2, 0.25) is 0 Å². The second-order valence-electron chi connectivity index (χ2n) is 28.7. The van der Waals surface area contributed by atoms with Gasteiger partial charge in [-0.15, -0.1) is 0 Å². The van der Waals surface area contributed by atoms with Crippen LogP contribution in [0.4, 0.5) is 0 Å². The predicted molar refractivity (Wildman–Crippen MR) is 451 cm³/mol. The molecule has 0 aliphatic carbocycles. The molecule has 610 valence electrons. The van der Waals surface area contributed by atoms with E-state index in [1.807, 2.05) is 32.7 Å². The van der Waals surface area contributed by atoms with Crippen molar-refractivity contribution < 1.29 is 91.9 Å². The molecule has 0 bridgehead atoms. The van der Waals surface area contributed by atoms with Crippen LogP contribution in [-0.2, 0) is 20.6 Å². The van der Waals surface area contributed by atoms with E-state index < -0.39 is 72.7 Å². The number of nitriles is 5. The van der Waals surface area contributed by atoms with Gasteiger partial charge in [0.1, 0.15) is 57.5 Å². The summed E-state index contributed by atoms with van der Waals surface area (Å²) in [6.07, 6.45) is 2.19. The van der Waals surface area contributed by atoms with Crippen molar-refractivity contribution >= 4 is 72.7 Å². The van der Waals surface area contributed by atoms with Gasteiger partial charge in [0.15, 0.2) is 0 Å². The molecule has 25 nitrogen and oxygen atoms in total. The van der Waals surface area contributed by atoms with Crippen LogP contribution < -0.4 is 47.4 Å². The SMILES string of the molecule is C[Si]1(CCCOc2ccc(C(=O)Oc3ccc(C#N)cc3)cc2)O[Si](C)(CCCOc2ccc(C(=O)Oc3ccc(C#N)cc3)cc2)O[Si](C)(CCCOc2ccc(C(=O)Oc3ccc(C#N)cc3)cc2)O[Si](C)(CCCOc2ccc(C(=O)Oc3ccc(C#N)cc3)cc2)O[Si](C)(CCCOc2ccc(C(=O)Oc3ccc(C#N)cc3)cc2)O1. The summed E-state index contributed by atoms with van der Waals surface area (Å²) in [5.74, 6) is 0.937. The Labute approximate surface area is 700 Å². The molecule has 120 heavy (non-hydrogen) atoms. The molecule has 1 aliphatic heterocycles. The van der Waals surface area contributed by atoms with Crippen LogP contribution in [0.25, 0.3) is 0 Å². The van der Waals surface area contributed by atoms with E-state index in [1.54, 1.807) is 243 Å². The zero-order chi connectivity index (χ0) is 85.0. The van der Waals surface area contributed by atoms with Crippen LogP contribution in [0.5, 0.6) is 57.5 Å². The Kier molecular flexibility index (Phi) is 30.6. The van der Waals surface area contributed by atoms with Gasteiger partial charge in [-0.1, -0.05) is 0 Å². The van der Waals surface area contributed by atoms with Gasteiger partial charge in [-0.2, -0.15) is 26.3 Å². The molecule has 1 fully saturated rings. The Bertz CT molecular complexity index is 4600. The Hall–Kier alpha value is -13.1. The van der Waals surface area contributed by atoms with E-state index in [9.17, 15) is 50.3 Å². The first-order valence-corrected chi connectivity index (χ1v) is 51.3. The Balaban J connectivity index is 0.869. The largest absolute Gasteiger partial charge is 0.494 e. The van der Waals surface area contributed by atoms with E-state index in [1.165, 1.54) is 0 Å². The lowest BCUT2D eigenvalue weighted by atomic mass is 10.2. The molecule has 1 saturated heterocycles. The predicted octanol–water partition coefficient (Wildman–Crippen LogP) is 18.2. The van der Waals surface area contributed by atoms with E-state index in [0.29, 0.717) is 119 Å². The summed E-state index contributed by atoms with van der Waals surface area (Å²) in [5.41, 5.74) is 3.53. The van der Waals surface area contributed by atoms with Crippen LogP contribution in [0.1, 0.15) is 112 Å². The van der Waals surface area contributed by atoms with Gasteiger partial charge in [-0.3, -0.25) is 0 Å². The van der Waals surface area contributed by atoms with Crippen LogP contribution in [0.3, 0.4) is 0 Å². The summed E-state index contributed by atoms with van der Waals surface area (Å²) in [7, 11) is -18.0. The van der Waals surface area contributed by atoms with Crippen molar-refractivity contribution in [1.29, 1.82) is 26.3 Å². The minimum Gasteiger partial charge on any atom is -0.494 e. The van der Waals surface area contributed by atoms with Crippen LogP contribution in [0.2, 0.25) is 63.0 Å². The Morgan fingerprint density at radius 3 is 0.492 bits per heavy atom. The van der Waals surface area contributed by atoms with Gasteiger partial charge in [0, 0.05) is 0 Å². The van der Waals surface area contributed by atoms with Gasteiger partial charge in [-0.05, 0) is 338 Å². The number of rotatable bonds is 35. The van der Waals surface area contributed by atoms with Crippen molar-refractivity contribution in [3.05, 3.63) is 298 Å². The van der Waals surface area contributed by atoms with Crippen molar-refractivity contribution in [3.8, 4) is 87.8 Å².